The monoisotopic (exact) mass is 446 g/mol. The van der Waals surface area contributed by atoms with Gasteiger partial charge in [-0.1, -0.05) is 51.1 Å². The number of benzene rings is 1. The first-order valence-electron chi connectivity index (χ1n) is 11.3. The van der Waals surface area contributed by atoms with E-state index in [0.29, 0.717) is 31.3 Å². The lowest BCUT2D eigenvalue weighted by molar-refractivity contribution is -0.133. The van der Waals surface area contributed by atoms with Crippen molar-refractivity contribution in [2.75, 3.05) is 18.4 Å². The van der Waals surface area contributed by atoms with E-state index >= 15 is 0 Å². The van der Waals surface area contributed by atoms with Crippen LogP contribution in [0.2, 0.25) is 0 Å². The van der Waals surface area contributed by atoms with Gasteiger partial charge in [0.25, 0.3) is 5.95 Å². The van der Waals surface area contributed by atoms with Gasteiger partial charge in [0.2, 0.25) is 11.8 Å². The summed E-state index contributed by atoms with van der Waals surface area (Å²) >= 11 is 0. The van der Waals surface area contributed by atoms with E-state index in [-0.39, 0.29) is 23.1 Å². The number of carbonyl (C=O) groups is 2. The summed E-state index contributed by atoms with van der Waals surface area (Å²) in [6.45, 7) is 7.29. The highest BCUT2D eigenvalue weighted by molar-refractivity contribution is 5.92. The van der Waals surface area contributed by atoms with Gasteiger partial charge in [0, 0.05) is 37.0 Å². The quantitative estimate of drug-likeness (QED) is 0.649. The van der Waals surface area contributed by atoms with Crippen molar-refractivity contribution >= 4 is 17.6 Å². The zero-order valence-corrected chi connectivity index (χ0v) is 19.4. The first-order valence-corrected chi connectivity index (χ1v) is 11.3. The van der Waals surface area contributed by atoms with Crippen LogP contribution in [-0.2, 0) is 21.4 Å². The Bertz CT molecular complexity index is 1100. The molecule has 4 rings (SSSR count). The fourth-order valence-corrected chi connectivity index (χ4v) is 3.92. The first-order chi connectivity index (χ1) is 15.8. The van der Waals surface area contributed by atoms with Gasteiger partial charge >= 0.3 is 0 Å². The number of piperidine rings is 1. The van der Waals surface area contributed by atoms with Crippen molar-refractivity contribution in [1.29, 1.82) is 0 Å². The second-order valence-corrected chi connectivity index (χ2v) is 9.46. The van der Waals surface area contributed by atoms with Crippen molar-refractivity contribution < 1.29 is 9.59 Å². The van der Waals surface area contributed by atoms with Crippen molar-refractivity contribution in [2.24, 2.45) is 5.92 Å². The molecule has 0 bridgehead atoms. The third-order valence-electron chi connectivity index (χ3n) is 5.81. The Labute approximate surface area is 194 Å². The molecule has 0 radical (unpaired) electrons. The third-order valence-corrected chi connectivity index (χ3v) is 5.81. The van der Waals surface area contributed by atoms with Crippen molar-refractivity contribution in [3.05, 3.63) is 66.1 Å². The summed E-state index contributed by atoms with van der Waals surface area (Å²) in [4.78, 5) is 36.4. The number of hydrogen-bond donors (Lipinski definition) is 1. The SMILES string of the molecule is CC(C)(C)c1cc(NC(=O)C2CCCN(C(=O)Cc3ccccc3)C2)n(-c2ncccn2)n1. The van der Waals surface area contributed by atoms with E-state index < -0.39 is 0 Å². The van der Waals surface area contributed by atoms with Gasteiger partial charge in [0.15, 0.2) is 0 Å². The van der Waals surface area contributed by atoms with Crippen LogP contribution in [-0.4, -0.2) is 49.6 Å². The van der Waals surface area contributed by atoms with Crippen LogP contribution in [0.3, 0.4) is 0 Å². The van der Waals surface area contributed by atoms with E-state index in [1.54, 1.807) is 28.0 Å². The second kappa shape index (κ2) is 9.52. The van der Waals surface area contributed by atoms with Gasteiger partial charge < -0.3 is 10.2 Å². The van der Waals surface area contributed by atoms with Crippen LogP contribution < -0.4 is 5.32 Å². The molecular weight excluding hydrogens is 416 g/mol. The number of hydrogen-bond acceptors (Lipinski definition) is 5. The number of likely N-dealkylation sites (tertiary alicyclic amines) is 1. The minimum absolute atomic E-state index is 0.0523. The molecule has 0 spiro atoms. The van der Waals surface area contributed by atoms with E-state index in [9.17, 15) is 9.59 Å². The maximum Gasteiger partial charge on any atom is 0.252 e. The second-order valence-electron chi connectivity index (χ2n) is 9.46. The summed E-state index contributed by atoms with van der Waals surface area (Å²) in [5.74, 6) is 0.577. The lowest BCUT2D eigenvalue weighted by Crippen LogP contribution is -2.44. The summed E-state index contributed by atoms with van der Waals surface area (Å²) in [5, 5.41) is 7.68. The molecule has 3 aromatic rings. The Kier molecular flexibility index (Phi) is 6.53. The van der Waals surface area contributed by atoms with Crippen LogP contribution in [0.1, 0.15) is 44.9 Å². The Morgan fingerprint density at radius 3 is 2.52 bits per heavy atom. The van der Waals surface area contributed by atoms with E-state index in [4.69, 9.17) is 0 Å². The molecule has 1 N–H and O–H groups in total. The molecule has 1 aliphatic rings. The molecule has 3 heterocycles. The Hall–Kier alpha value is -3.55. The molecule has 1 saturated heterocycles. The van der Waals surface area contributed by atoms with Crippen molar-refractivity contribution in [3.8, 4) is 5.95 Å². The molecule has 1 fully saturated rings. The summed E-state index contributed by atoms with van der Waals surface area (Å²) in [7, 11) is 0. The first kappa shape index (κ1) is 22.6. The molecule has 1 atom stereocenters. The van der Waals surface area contributed by atoms with Crippen LogP contribution in [0.4, 0.5) is 5.82 Å². The summed E-state index contributed by atoms with van der Waals surface area (Å²) in [6, 6.07) is 13.3. The highest BCUT2D eigenvalue weighted by atomic mass is 16.2. The maximum absolute atomic E-state index is 13.2. The number of carbonyl (C=O) groups excluding carboxylic acids is 2. The molecule has 8 heteroatoms. The van der Waals surface area contributed by atoms with E-state index in [1.165, 1.54) is 0 Å². The topological polar surface area (TPSA) is 93.0 Å². The predicted molar refractivity (Wildman–Crippen MR) is 126 cm³/mol. The molecule has 1 unspecified atom stereocenters. The van der Waals surface area contributed by atoms with Gasteiger partial charge in [-0.2, -0.15) is 9.78 Å². The van der Waals surface area contributed by atoms with Crippen LogP contribution >= 0.6 is 0 Å². The van der Waals surface area contributed by atoms with Crippen LogP contribution in [0.5, 0.6) is 0 Å². The standard InChI is InChI=1S/C25H30N6O2/c1-25(2,3)20-16-21(31(29-20)24-26-12-8-13-27-24)28-23(33)19-11-7-14-30(17-19)22(32)15-18-9-5-4-6-10-18/h4-6,8-10,12-13,16,19H,7,11,14-15,17H2,1-3H3,(H,28,33). The summed E-state index contributed by atoms with van der Waals surface area (Å²) < 4.78 is 1.57. The zero-order chi connectivity index (χ0) is 23.4. The number of anilines is 1. The Balaban J connectivity index is 1.48. The van der Waals surface area contributed by atoms with Gasteiger partial charge in [-0.05, 0) is 24.5 Å². The molecule has 1 aliphatic heterocycles. The molecule has 172 valence electrons. The molecule has 8 nitrogen and oxygen atoms in total. The van der Waals surface area contributed by atoms with Crippen LogP contribution in [0.25, 0.3) is 5.95 Å². The third kappa shape index (κ3) is 5.45. The number of amides is 2. The lowest BCUT2D eigenvalue weighted by Gasteiger charge is -2.32. The summed E-state index contributed by atoms with van der Waals surface area (Å²) in [5.41, 5.74) is 1.61. The maximum atomic E-state index is 13.2. The average Bonchev–Trinajstić information content (AvgIpc) is 3.25. The van der Waals surface area contributed by atoms with Gasteiger partial charge in [0.1, 0.15) is 5.82 Å². The van der Waals surface area contributed by atoms with Gasteiger partial charge in [-0.25, -0.2) is 9.97 Å². The van der Waals surface area contributed by atoms with Gasteiger partial charge in [0.05, 0.1) is 18.0 Å². The number of rotatable bonds is 5. The van der Waals surface area contributed by atoms with Crippen LogP contribution in [0.15, 0.2) is 54.9 Å². The highest BCUT2D eigenvalue weighted by Crippen LogP contribution is 2.26. The number of nitrogens with zero attached hydrogens (tertiary/aromatic N) is 5. The summed E-state index contributed by atoms with van der Waals surface area (Å²) in [6.07, 6.45) is 5.17. The van der Waals surface area contributed by atoms with Crippen molar-refractivity contribution in [1.82, 2.24) is 24.6 Å². The predicted octanol–water partition coefficient (Wildman–Crippen LogP) is 3.38. The van der Waals surface area contributed by atoms with Crippen LogP contribution in [0, 0.1) is 5.92 Å². The minimum atomic E-state index is -0.281. The van der Waals surface area contributed by atoms with E-state index in [1.807, 2.05) is 36.4 Å². The Morgan fingerprint density at radius 1 is 1.09 bits per heavy atom. The smallest absolute Gasteiger partial charge is 0.252 e. The molecular formula is C25H30N6O2. The molecule has 0 aliphatic carbocycles. The van der Waals surface area contributed by atoms with Gasteiger partial charge in [-0.15, -0.1) is 0 Å². The molecule has 2 amide bonds. The van der Waals surface area contributed by atoms with Crippen molar-refractivity contribution in [3.63, 3.8) is 0 Å². The largest absolute Gasteiger partial charge is 0.342 e. The van der Waals surface area contributed by atoms with Crippen molar-refractivity contribution in [2.45, 2.75) is 45.4 Å². The minimum Gasteiger partial charge on any atom is -0.342 e. The molecule has 0 saturated carbocycles. The molecule has 1 aromatic carbocycles. The number of aromatic nitrogens is 4. The Morgan fingerprint density at radius 2 is 1.82 bits per heavy atom. The average molecular weight is 447 g/mol. The number of nitrogens with one attached hydrogen (secondary N) is 1. The van der Waals surface area contributed by atoms with E-state index in [2.05, 4.69) is 41.2 Å². The normalized spacial score (nSPS) is 16.5. The molecule has 2 aromatic heterocycles. The highest BCUT2D eigenvalue weighted by Gasteiger charge is 2.30. The fourth-order valence-electron chi connectivity index (χ4n) is 3.92. The fraction of sp³-hybridized carbons (Fsp3) is 0.400. The zero-order valence-electron chi connectivity index (χ0n) is 19.4. The van der Waals surface area contributed by atoms with E-state index in [0.717, 1.165) is 24.1 Å². The molecule has 33 heavy (non-hydrogen) atoms. The lowest BCUT2D eigenvalue weighted by atomic mass is 9.92. The van der Waals surface area contributed by atoms with Gasteiger partial charge in [-0.3, -0.25) is 9.59 Å².